The number of carbonyl (C=O) groups is 2. The highest BCUT2D eigenvalue weighted by molar-refractivity contribution is 5.85. The second-order valence-electron chi connectivity index (χ2n) is 8.99. The molecule has 1 atom stereocenters. The molecule has 1 saturated heterocycles. The summed E-state index contributed by atoms with van der Waals surface area (Å²) < 4.78 is 41.2. The Labute approximate surface area is 222 Å². The highest BCUT2D eigenvalue weighted by Gasteiger charge is 2.38. The molecule has 9 nitrogen and oxygen atoms in total. The van der Waals surface area contributed by atoms with Gasteiger partial charge in [0.2, 0.25) is 11.7 Å². The maximum absolute atomic E-state index is 13.7. The Balaban J connectivity index is 1.51. The number of benzene rings is 2. The molecule has 2 amide bonds. The molecule has 0 spiro atoms. The van der Waals surface area contributed by atoms with Gasteiger partial charge >= 0.3 is 12.3 Å². The van der Waals surface area contributed by atoms with Crippen LogP contribution in [-0.2, 0) is 23.9 Å². The molecule has 1 aliphatic rings. The molecule has 1 unspecified atom stereocenters. The quantitative estimate of drug-likeness (QED) is 0.393. The van der Waals surface area contributed by atoms with Crippen LogP contribution in [0.1, 0.15) is 35.4 Å². The summed E-state index contributed by atoms with van der Waals surface area (Å²) in [5.41, 5.74) is 2.54. The van der Waals surface area contributed by atoms with E-state index in [1.165, 1.54) is 6.07 Å². The van der Waals surface area contributed by atoms with Crippen LogP contribution in [0.25, 0.3) is 11.3 Å². The van der Waals surface area contributed by atoms with E-state index in [2.05, 4.69) is 20.6 Å². The Morgan fingerprint density at radius 2 is 1.74 bits per heavy atom. The van der Waals surface area contributed by atoms with Gasteiger partial charge in [-0.2, -0.15) is 18.4 Å². The van der Waals surface area contributed by atoms with Gasteiger partial charge in [0.25, 0.3) is 0 Å². The van der Waals surface area contributed by atoms with Gasteiger partial charge in [0, 0.05) is 31.3 Å². The van der Waals surface area contributed by atoms with E-state index in [1.54, 1.807) is 41.3 Å². The van der Waals surface area contributed by atoms with Crippen molar-refractivity contribution in [3.8, 4) is 17.3 Å². The number of halogens is 3. The molecule has 12 heteroatoms. The number of nitrogens with one attached hydrogen (secondary N) is 2. The number of anilines is 1. The minimum absolute atomic E-state index is 0.00804. The van der Waals surface area contributed by atoms with Crippen LogP contribution >= 0.6 is 0 Å². The maximum atomic E-state index is 13.7. The second kappa shape index (κ2) is 11.8. The Morgan fingerprint density at radius 3 is 2.38 bits per heavy atom. The molecule has 0 bridgehead atoms. The van der Waals surface area contributed by atoms with Gasteiger partial charge in [0.05, 0.1) is 17.3 Å². The summed E-state index contributed by atoms with van der Waals surface area (Å²) >= 11 is 0. The van der Waals surface area contributed by atoms with Crippen LogP contribution < -0.4 is 15.5 Å². The summed E-state index contributed by atoms with van der Waals surface area (Å²) in [5.74, 6) is -1.60. The molecule has 2 heterocycles. The standard InChI is InChI=1S/C27H25F3N6O3/c28-27(29,30)25-34-21(20-9-7-19(8-10-20)16-33-26(38)39)14-23(35-25)36-13-1-2-22(36)24(37)32-12-11-17-3-5-18(15-31)6-4-17/h3-10,14,22,33H,1-2,11-13,16H2,(H,32,37)(H,38,39). The molecule has 3 N–H and O–H groups in total. The number of hydrogen-bond donors (Lipinski definition) is 3. The smallest absolute Gasteiger partial charge is 0.451 e. The van der Waals surface area contributed by atoms with Gasteiger partial charge in [-0.05, 0) is 42.5 Å². The molecular formula is C27H25F3N6O3. The lowest BCUT2D eigenvalue weighted by atomic mass is 10.1. The average molecular weight is 539 g/mol. The normalized spacial score (nSPS) is 15.0. The topological polar surface area (TPSA) is 131 Å². The number of rotatable bonds is 8. The van der Waals surface area contributed by atoms with E-state index in [9.17, 15) is 22.8 Å². The average Bonchev–Trinajstić information content (AvgIpc) is 3.42. The van der Waals surface area contributed by atoms with Crippen LogP contribution in [-0.4, -0.2) is 46.2 Å². The lowest BCUT2D eigenvalue weighted by Crippen LogP contribution is -2.44. The van der Waals surface area contributed by atoms with E-state index in [4.69, 9.17) is 10.4 Å². The number of hydrogen-bond acceptors (Lipinski definition) is 6. The van der Waals surface area contributed by atoms with Crippen molar-refractivity contribution in [1.82, 2.24) is 20.6 Å². The molecule has 202 valence electrons. The van der Waals surface area contributed by atoms with Gasteiger partial charge in [-0.1, -0.05) is 36.4 Å². The second-order valence-corrected chi connectivity index (χ2v) is 8.99. The summed E-state index contributed by atoms with van der Waals surface area (Å²) in [6.45, 7) is 0.746. The predicted molar refractivity (Wildman–Crippen MR) is 136 cm³/mol. The van der Waals surface area contributed by atoms with Crippen LogP contribution in [0, 0.1) is 11.3 Å². The van der Waals surface area contributed by atoms with E-state index >= 15 is 0 Å². The van der Waals surface area contributed by atoms with Gasteiger partial charge in [-0.3, -0.25) is 4.79 Å². The molecular weight excluding hydrogens is 513 g/mol. The Kier molecular flexibility index (Phi) is 8.29. The highest BCUT2D eigenvalue weighted by atomic mass is 19.4. The molecule has 39 heavy (non-hydrogen) atoms. The van der Waals surface area contributed by atoms with Crippen LogP contribution in [0.15, 0.2) is 54.6 Å². The zero-order valence-electron chi connectivity index (χ0n) is 20.7. The van der Waals surface area contributed by atoms with Crippen LogP contribution in [0.4, 0.5) is 23.8 Å². The van der Waals surface area contributed by atoms with Crippen molar-refractivity contribution < 1.29 is 27.9 Å². The first-order valence-electron chi connectivity index (χ1n) is 12.2. The molecule has 0 radical (unpaired) electrons. The fourth-order valence-electron chi connectivity index (χ4n) is 4.33. The number of carboxylic acid groups (broad SMARTS) is 1. The third-order valence-corrected chi connectivity index (χ3v) is 6.31. The van der Waals surface area contributed by atoms with Crippen LogP contribution in [0.3, 0.4) is 0 Å². The monoisotopic (exact) mass is 538 g/mol. The van der Waals surface area contributed by atoms with Crippen molar-refractivity contribution in [2.75, 3.05) is 18.0 Å². The Bertz CT molecular complexity index is 1370. The molecule has 0 saturated carbocycles. The minimum Gasteiger partial charge on any atom is -0.465 e. The predicted octanol–water partition coefficient (Wildman–Crippen LogP) is 4.13. The van der Waals surface area contributed by atoms with E-state index in [1.807, 2.05) is 18.2 Å². The molecule has 3 aromatic rings. The summed E-state index contributed by atoms with van der Waals surface area (Å²) in [7, 11) is 0. The van der Waals surface area contributed by atoms with Crippen LogP contribution in [0.5, 0.6) is 0 Å². The molecule has 1 fully saturated rings. The van der Waals surface area contributed by atoms with Gasteiger partial charge < -0.3 is 20.6 Å². The Hall–Kier alpha value is -4.66. The third-order valence-electron chi connectivity index (χ3n) is 6.31. The van der Waals surface area contributed by atoms with Crippen molar-refractivity contribution in [2.45, 2.75) is 38.0 Å². The molecule has 2 aromatic carbocycles. The lowest BCUT2D eigenvalue weighted by molar-refractivity contribution is -0.144. The SMILES string of the molecule is N#Cc1ccc(CCNC(=O)C2CCCN2c2cc(-c3ccc(CNC(=O)O)cc3)nc(C(F)(F)F)n2)cc1. The number of amides is 2. The van der Waals surface area contributed by atoms with E-state index in [-0.39, 0.29) is 24.0 Å². The van der Waals surface area contributed by atoms with E-state index in [0.717, 1.165) is 5.56 Å². The van der Waals surface area contributed by atoms with Crippen molar-refractivity contribution in [1.29, 1.82) is 5.26 Å². The zero-order valence-corrected chi connectivity index (χ0v) is 20.7. The minimum atomic E-state index is -4.80. The summed E-state index contributed by atoms with van der Waals surface area (Å²) in [6, 6.07) is 16.1. The number of nitrogens with zero attached hydrogens (tertiary/aromatic N) is 4. The first kappa shape index (κ1) is 27.4. The van der Waals surface area contributed by atoms with E-state index in [0.29, 0.717) is 49.0 Å². The first-order valence-corrected chi connectivity index (χ1v) is 12.2. The maximum Gasteiger partial charge on any atom is 0.451 e. The number of carbonyl (C=O) groups excluding carboxylic acids is 1. The summed E-state index contributed by atoms with van der Waals surface area (Å²) in [4.78, 5) is 32.8. The van der Waals surface area contributed by atoms with Gasteiger partial charge in [0.15, 0.2) is 0 Å². The number of alkyl halides is 3. The Morgan fingerprint density at radius 1 is 1.05 bits per heavy atom. The van der Waals surface area contributed by atoms with Crippen molar-refractivity contribution in [3.05, 3.63) is 77.1 Å². The van der Waals surface area contributed by atoms with Gasteiger partial charge in [-0.25, -0.2) is 14.8 Å². The molecule has 1 aromatic heterocycles. The van der Waals surface area contributed by atoms with Gasteiger partial charge in [-0.15, -0.1) is 0 Å². The summed E-state index contributed by atoms with van der Waals surface area (Å²) in [6.07, 6.45) is -4.37. The largest absolute Gasteiger partial charge is 0.465 e. The molecule has 0 aliphatic carbocycles. The van der Waals surface area contributed by atoms with Crippen LogP contribution in [0.2, 0.25) is 0 Å². The first-order chi connectivity index (χ1) is 18.6. The molecule has 1 aliphatic heterocycles. The van der Waals surface area contributed by atoms with Crippen molar-refractivity contribution >= 4 is 17.8 Å². The number of aromatic nitrogens is 2. The summed E-state index contributed by atoms with van der Waals surface area (Å²) in [5, 5.41) is 22.7. The van der Waals surface area contributed by atoms with Gasteiger partial charge in [0.1, 0.15) is 11.9 Å². The highest BCUT2D eigenvalue weighted by Crippen LogP contribution is 2.33. The fraction of sp³-hybridized carbons (Fsp3) is 0.296. The van der Waals surface area contributed by atoms with Crippen molar-refractivity contribution in [3.63, 3.8) is 0 Å². The van der Waals surface area contributed by atoms with E-state index < -0.39 is 24.1 Å². The molecule has 4 rings (SSSR count). The fourth-order valence-corrected chi connectivity index (χ4v) is 4.33. The third kappa shape index (κ3) is 7.01. The van der Waals surface area contributed by atoms with Crippen molar-refractivity contribution in [2.24, 2.45) is 0 Å². The lowest BCUT2D eigenvalue weighted by Gasteiger charge is -2.26. The zero-order chi connectivity index (χ0) is 28.0. The number of nitriles is 1.